The highest BCUT2D eigenvalue weighted by molar-refractivity contribution is 7.17. The van der Waals surface area contributed by atoms with Crippen LogP contribution in [-0.4, -0.2) is 11.7 Å². The lowest BCUT2D eigenvalue weighted by atomic mass is 10.0. The van der Waals surface area contributed by atoms with Crippen LogP contribution in [0.25, 0.3) is 15.7 Å². The van der Waals surface area contributed by atoms with Gasteiger partial charge in [-0.1, -0.05) is 6.07 Å². The predicted octanol–water partition coefficient (Wildman–Crippen LogP) is 3.26. The summed E-state index contributed by atoms with van der Waals surface area (Å²) in [5, 5.41) is 15.6. The Hall–Kier alpha value is -1.55. The van der Waals surface area contributed by atoms with Crippen molar-refractivity contribution >= 4 is 27.0 Å². The van der Waals surface area contributed by atoms with Gasteiger partial charge in [0.15, 0.2) is 5.88 Å². The number of rotatable bonds is 1. The van der Waals surface area contributed by atoms with Gasteiger partial charge in [-0.05, 0) is 23.9 Å². The first-order valence-corrected chi connectivity index (χ1v) is 5.97. The van der Waals surface area contributed by atoms with Gasteiger partial charge in [0, 0.05) is 27.8 Å². The van der Waals surface area contributed by atoms with E-state index in [1.807, 2.05) is 5.38 Å². The van der Waals surface area contributed by atoms with Gasteiger partial charge in [-0.3, -0.25) is 0 Å². The molecular weight excluding hydrogens is 225 g/mol. The van der Waals surface area contributed by atoms with Crippen LogP contribution in [-0.2, 0) is 0 Å². The van der Waals surface area contributed by atoms with Crippen molar-refractivity contribution in [2.24, 2.45) is 0 Å². The van der Waals surface area contributed by atoms with Gasteiger partial charge in [-0.25, -0.2) is 4.39 Å². The van der Waals surface area contributed by atoms with Crippen LogP contribution in [0.4, 0.5) is 4.39 Å². The topological polar surface area (TPSA) is 32.3 Å². The molecule has 4 heteroatoms. The van der Waals surface area contributed by atoms with Crippen molar-refractivity contribution in [3.63, 3.8) is 0 Å². The van der Waals surface area contributed by atoms with Crippen molar-refractivity contribution < 1.29 is 9.50 Å². The molecule has 0 aliphatic carbocycles. The molecule has 0 saturated carbocycles. The number of aliphatic hydroxyl groups is 1. The van der Waals surface area contributed by atoms with E-state index in [1.54, 1.807) is 6.07 Å². The molecule has 0 amide bonds. The second-order valence-electron chi connectivity index (χ2n) is 3.79. The summed E-state index contributed by atoms with van der Waals surface area (Å²) in [7, 11) is 0. The Balaban J connectivity index is 2.22. The van der Waals surface area contributed by atoms with Gasteiger partial charge in [0.05, 0.1) is 0 Å². The fraction of sp³-hybridized carbons (Fsp3) is 0.167. The van der Waals surface area contributed by atoms with Crippen molar-refractivity contribution in [3.05, 3.63) is 40.8 Å². The Bertz CT molecular complexity index is 588. The molecule has 0 atom stereocenters. The van der Waals surface area contributed by atoms with E-state index in [0.717, 1.165) is 34.2 Å². The maximum atomic E-state index is 13.0. The van der Waals surface area contributed by atoms with Crippen molar-refractivity contribution in [3.8, 4) is 0 Å². The van der Waals surface area contributed by atoms with E-state index in [2.05, 4.69) is 5.32 Å². The van der Waals surface area contributed by atoms with E-state index in [4.69, 9.17) is 0 Å². The zero-order valence-corrected chi connectivity index (χ0v) is 9.27. The first-order chi connectivity index (χ1) is 7.75. The average molecular weight is 235 g/mol. The van der Waals surface area contributed by atoms with E-state index in [-0.39, 0.29) is 11.7 Å². The van der Waals surface area contributed by atoms with E-state index >= 15 is 0 Å². The Morgan fingerprint density at radius 2 is 2.25 bits per heavy atom. The van der Waals surface area contributed by atoms with E-state index in [0.29, 0.717) is 0 Å². The molecular formula is C12H10FNOS. The Morgan fingerprint density at radius 1 is 1.38 bits per heavy atom. The maximum Gasteiger partial charge on any atom is 0.188 e. The molecule has 3 rings (SSSR count). The lowest BCUT2D eigenvalue weighted by Gasteiger charge is -2.00. The normalized spacial score (nSPS) is 15.8. The Kier molecular flexibility index (Phi) is 2.11. The van der Waals surface area contributed by atoms with Crippen molar-refractivity contribution in [1.29, 1.82) is 0 Å². The third-order valence-electron chi connectivity index (χ3n) is 2.82. The summed E-state index contributed by atoms with van der Waals surface area (Å²) in [5.41, 5.74) is 1.94. The molecule has 2 heterocycles. The number of fused-ring (bicyclic) bond motifs is 1. The summed E-state index contributed by atoms with van der Waals surface area (Å²) in [6, 6.07) is 4.76. The van der Waals surface area contributed by atoms with E-state index in [1.165, 1.54) is 23.5 Å². The van der Waals surface area contributed by atoms with Crippen LogP contribution in [0.1, 0.15) is 12.0 Å². The van der Waals surface area contributed by atoms with Crippen LogP contribution in [0.15, 0.2) is 29.5 Å². The highest BCUT2D eigenvalue weighted by Gasteiger charge is 2.18. The summed E-state index contributed by atoms with van der Waals surface area (Å²) in [5.74, 6) is 0.0349. The molecule has 0 fully saturated rings. The minimum atomic E-state index is -0.219. The lowest BCUT2D eigenvalue weighted by molar-refractivity contribution is 0.381. The zero-order chi connectivity index (χ0) is 11.1. The minimum absolute atomic E-state index is 0.219. The second-order valence-corrected chi connectivity index (χ2v) is 4.71. The van der Waals surface area contributed by atoms with E-state index in [9.17, 15) is 9.50 Å². The van der Waals surface area contributed by atoms with Gasteiger partial charge in [-0.15, -0.1) is 11.3 Å². The number of thiophene rings is 1. The van der Waals surface area contributed by atoms with Crippen LogP contribution >= 0.6 is 11.3 Å². The molecule has 1 aromatic carbocycles. The fourth-order valence-electron chi connectivity index (χ4n) is 2.03. The number of nitrogens with one attached hydrogen (secondary N) is 1. The van der Waals surface area contributed by atoms with Gasteiger partial charge < -0.3 is 10.4 Å². The molecule has 82 valence electrons. The molecule has 0 spiro atoms. The monoisotopic (exact) mass is 235 g/mol. The van der Waals surface area contributed by atoms with Gasteiger partial charge in [0.1, 0.15) is 5.82 Å². The van der Waals surface area contributed by atoms with Crippen LogP contribution < -0.4 is 5.32 Å². The fourth-order valence-corrected chi connectivity index (χ4v) is 3.03. The van der Waals surface area contributed by atoms with Crippen molar-refractivity contribution in [1.82, 2.24) is 5.32 Å². The predicted molar refractivity (Wildman–Crippen MR) is 64.0 cm³/mol. The van der Waals surface area contributed by atoms with Gasteiger partial charge in [0.25, 0.3) is 0 Å². The smallest absolute Gasteiger partial charge is 0.188 e. The first-order valence-electron chi connectivity index (χ1n) is 5.09. The third-order valence-corrected chi connectivity index (χ3v) is 3.76. The molecule has 0 radical (unpaired) electrons. The van der Waals surface area contributed by atoms with Gasteiger partial charge in [-0.2, -0.15) is 0 Å². The largest absolute Gasteiger partial charge is 0.495 e. The van der Waals surface area contributed by atoms with Crippen LogP contribution in [0.2, 0.25) is 0 Å². The molecule has 1 aromatic heterocycles. The molecule has 16 heavy (non-hydrogen) atoms. The lowest BCUT2D eigenvalue weighted by Crippen LogP contribution is -2.05. The molecule has 0 saturated heterocycles. The number of hydrogen-bond donors (Lipinski definition) is 2. The Morgan fingerprint density at radius 3 is 3.00 bits per heavy atom. The average Bonchev–Trinajstić information content (AvgIpc) is 2.83. The second kappa shape index (κ2) is 3.49. The van der Waals surface area contributed by atoms with Gasteiger partial charge >= 0.3 is 0 Å². The SMILES string of the molecule is OC1=C(c2csc3cc(F)ccc23)CCN1. The minimum Gasteiger partial charge on any atom is -0.495 e. The Labute approximate surface area is 96.0 Å². The molecule has 2 aromatic rings. The summed E-state index contributed by atoms with van der Waals surface area (Å²) >= 11 is 1.50. The zero-order valence-electron chi connectivity index (χ0n) is 8.46. The molecule has 2 N–H and O–H groups in total. The number of aliphatic hydroxyl groups excluding tert-OH is 1. The van der Waals surface area contributed by atoms with Crippen molar-refractivity contribution in [2.45, 2.75) is 6.42 Å². The van der Waals surface area contributed by atoms with E-state index < -0.39 is 0 Å². The van der Waals surface area contributed by atoms with Crippen molar-refractivity contribution in [2.75, 3.05) is 6.54 Å². The van der Waals surface area contributed by atoms with Crippen LogP contribution in [0.5, 0.6) is 0 Å². The third kappa shape index (κ3) is 1.38. The summed E-state index contributed by atoms with van der Waals surface area (Å²) < 4.78 is 14.0. The molecule has 1 aliphatic rings. The molecule has 1 aliphatic heterocycles. The summed E-state index contributed by atoms with van der Waals surface area (Å²) in [6.07, 6.45) is 0.815. The summed E-state index contributed by atoms with van der Waals surface area (Å²) in [6.45, 7) is 0.764. The van der Waals surface area contributed by atoms with Gasteiger partial charge in [0.2, 0.25) is 0 Å². The standard InChI is InChI=1S/C12H10FNOS/c13-7-1-2-8-10(6-16-11(8)5-7)9-3-4-14-12(9)15/h1-2,5-6,14-15H,3-4H2. The highest BCUT2D eigenvalue weighted by Crippen LogP contribution is 2.35. The first kappa shape index (κ1) is 9.66. The number of benzene rings is 1. The number of halogens is 1. The molecule has 0 unspecified atom stereocenters. The molecule has 0 bridgehead atoms. The quantitative estimate of drug-likeness (QED) is 0.795. The number of hydrogen-bond acceptors (Lipinski definition) is 3. The van der Waals surface area contributed by atoms with Crippen LogP contribution in [0.3, 0.4) is 0 Å². The molecule has 2 nitrogen and oxygen atoms in total. The summed E-state index contributed by atoms with van der Waals surface area (Å²) in [4.78, 5) is 0. The highest BCUT2D eigenvalue weighted by atomic mass is 32.1. The van der Waals surface area contributed by atoms with Crippen LogP contribution in [0, 0.1) is 5.82 Å². The maximum absolute atomic E-state index is 13.0.